The fourth-order valence-electron chi connectivity index (χ4n) is 1.28. The highest BCUT2D eigenvalue weighted by Gasteiger charge is 2.22. The van der Waals surface area contributed by atoms with Gasteiger partial charge in [0.05, 0.1) is 0 Å². The van der Waals surface area contributed by atoms with Gasteiger partial charge in [0.1, 0.15) is 18.2 Å². The Hall–Kier alpha value is -1.36. The Balaban J connectivity index is 2.86. The number of likely N-dealkylation sites (N-methyl/N-ethyl adjacent to an activating group) is 1. The predicted molar refractivity (Wildman–Crippen MR) is 78.9 cm³/mol. The molecule has 0 atom stereocenters. The highest BCUT2D eigenvalue weighted by Crippen LogP contribution is 2.20. The maximum Gasteiger partial charge on any atom is 0.218 e. The third kappa shape index (κ3) is 4.35. The first-order valence-electron chi connectivity index (χ1n) is 6.63. The van der Waals surface area contributed by atoms with Crippen molar-refractivity contribution in [1.29, 1.82) is 0 Å². The Labute approximate surface area is 116 Å². The van der Waals surface area contributed by atoms with E-state index in [1.54, 1.807) is 0 Å². The summed E-state index contributed by atoms with van der Waals surface area (Å²) in [4.78, 5) is 11.0. The molecule has 0 unspecified atom stereocenters. The Kier molecular flexibility index (Phi) is 5.11. The van der Waals surface area contributed by atoms with Gasteiger partial charge in [-0.05, 0) is 27.9 Å². The molecule has 0 fully saturated rings. The Bertz CT molecular complexity index is 416. The normalized spacial score (nSPS) is 12.1. The van der Waals surface area contributed by atoms with Gasteiger partial charge < -0.3 is 15.0 Å². The largest absolute Gasteiger partial charge is 0.476 e. The van der Waals surface area contributed by atoms with E-state index in [1.165, 1.54) is 0 Å². The molecule has 1 aromatic heterocycles. The average Bonchev–Trinajstić information content (AvgIpc) is 2.35. The molecule has 1 rings (SSSR count). The fourth-order valence-corrected chi connectivity index (χ4v) is 1.28. The molecule has 5 nitrogen and oxygen atoms in total. The van der Waals surface area contributed by atoms with Crippen molar-refractivity contribution in [2.24, 2.45) is 0 Å². The lowest BCUT2D eigenvalue weighted by Crippen LogP contribution is -2.43. The van der Waals surface area contributed by atoms with Gasteiger partial charge >= 0.3 is 0 Å². The van der Waals surface area contributed by atoms with Crippen LogP contribution in [0.4, 0.5) is 5.82 Å². The molecule has 0 saturated carbocycles. The maximum absolute atomic E-state index is 5.83. The van der Waals surface area contributed by atoms with Crippen molar-refractivity contribution in [2.45, 2.75) is 39.2 Å². The molecule has 0 aromatic carbocycles. The number of ether oxygens (including phenoxy) is 1. The van der Waals surface area contributed by atoms with Crippen LogP contribution in [0.5, 0.6) is 5.88 Å². The minimum absolute atomic E-state index is 0.0389. The Morgan fingerprint density at radius 2 is 1.95 bits per heavy atom. The molecule has 1 aromatic rings. The predicted octanol–water partition coefficient (Wildman–Crippen LogP) is 2.36. The van der Waals surface area contributed by atoms with Gasteiger partial charge in [-0.2, -0.15) is 4.98 Å². The molecule has 0 spiro atoms. The molecular formula is C14H26N4O. The van der Waals surface area contributed by atoms with Crippen molar-refractivity contribution >= 4 is 5.82 Å². The summed E-state index contributed by atoms with van der Waals surface area (Å²) in [5.74, 6) is 2.48. The number of nitrogens with one attached hydrogen (secondary N) is 1. The lowest BCUT2D eigenvalue weighted by molar-refractivity contribution is 0.111. The maximum atomic E-state index is 5.83. The van der Waals surface area contributed by atoms with E-state index in [9.17, 15) is 0 Å². The minimum Gasteiger partial charge on any atom is -0.476 e. The van der Waals surface area contributed by atoms with Gasteiger partial charge in [-0.15, -0.1) is 0 Å². The number of hydrogen-bond acceptors (Lipinski definition) is 5. The van der Waals surface area contributed by atoms with Crippen LogP contribution in [0.3, 0.4) is 0 Å². The molecule has 5 heteroatoms. The van der Waals surface area contributed by atoms with Crippen LogP contribution in [0, 0.1) is 0 Å². The zero-order valence-electron chi connectivity index (χ0n) is 13.1. The molecule has 0 amide bonds. The Morgan fingerprint density at radius 1 is 1.32 bits per heavy atom. The van der Waals surface area contributed by atoms with Crippen molar-refractivity contribution in [1.82, 2.24) is 14.9 Å². The topological polar surface area (TPSA) is 50.3 Å². The van der Waals surface area contributed by atoms with E-state index in [-0.39, 0.29) is 11.5 Å². The summed E-state index contributed by atoms with van der Waals surface area (Å²) in [7, 11) is 5.93. The average molecular weight is 266 g/mol. The van der Waals surface area contributed by atoms with Crippen LogP contribution in [0.1, 0.15) is 39.4 Å². The monoisotopic (exact) mass is 266 g/mol. The molecular weight excluding hydrogens is 240 g/mol. The van der Waals surface area contributed by atoms with Crippen LogP contribution in [0.15, 0.2) is 6.07 Å². The van der Waals surface area contributed by atoms with E-state index in [2.05, 4.69) is 47.9 Å². The molecule has 0 bridgehead atoms. The van der Waals surface area contributed by atoms with Gasteiger partial charge in [0.25, 0.3) is 0 Å². The van der Waals surface area contributed by atoms with Crippen LogP contribution in [-0.4, -0.2) is 48.2 Å². The van der Waals surface area contributed by atoms with Crippen LogP contribution in [0.2, 0.25) is 0 Å². The summed E-state index contributed by atoms with van der Waals surface area (Å²) >= 11 is 0. The smallest absolute Gasteiger partial charge is 0.218 e. The van der Waals surface area contributed by atoms with Crippen LogP contribution in [-0.2, 0) is 0 Å². The summed E-state index contributed by atoms with van der Waals surface area (Å²) in [6.07, 6.45) is 0. The summed E-state index contributed by atoms with van der Waals surface area (Å²) in [6.45, 7) is 9.00. The van der Waals surface area contributed by atoms with E-state index in [0.717, 1.165) is 11.6 Å². The van der Waals surface area contributed by atoms with E-state index < -0.39 is 0 Å². The van der Waals surface area contributed by atoms with E-state index in [4.69, 9.17) is 4.74 Å². The van der Waals surface area contributed by atoms with Gasteiger partial charge in [-0.25, -0.2) is 4.98 Å². The number of hydrogen-bond donors (Lipinski definition) is 1. The van der Waals surface area contributed by atoms with Gasteiger partial charge in [0.2, 0.25) is 5.88 Å². The lowest BCUT2D eigenvalue weighted by Gasteiger charge is -2.31. The summed E-state index contributed by atoms with van der Waals surface area (Å²) in [5.41, 5.74) is -0.0389. The minimum atomic E-state index is -0.0389. The number of anilines is 1. The fraction of sp³-hybridized carbons (Fsp3) is 0.714. The number of nitrogens with zero attached hydrogens (tertiary/aromatic N) is 3. The molecule has 0 aliphatic carbocycles. The van der Waals surface area contributed by atoms with E-state index in [0.29, 0.717) is 12.5 Å². The molecule has 0 aliphatic heterocycles. The van der Waals surface area contributed by atoms with Crippen LogP contribution >= 0.6 is 0 Å². The molecule has 0 radical (unpaired) electrons. The van der Waals surface area contributed by atoms with Crippen LogP contribution < -0.4 is 10.1 Å². The molecule has 1 N–H and O–H groups in total. The third-order valence-electron chi connectivity index (χ3n) is 3.28. The number of aromatic nitrogens is 2. The summed E-state index contributed by atoms with van der Waals surface area (Å²) in [5, 5.41) is 3.04. The van der Waals surface area contributed by atoms with E-state index in [1.807, 2.05) is 27.2 Å². The molecule has 19 heavy (non-hydrogen) atoms. The zero-order chi connectivity index (χ0) is 14.6. The van der Waals surface area contributed by atoms with Gasteiger partial charge in [0.15, 0.2) is 0 Å². The van der Waals surface area contributed by atoms with Gasteiger partial charge in [0, 0.05) is 24.6 Å². The first-order valence-corrected chi connectivity index (χ1v) is 6.63. The second-order valence-corrected chi connectivity index (χ2v) is 5.85. The molecule has 1 heterocycles. The van der Waals surface area contributed by atoms with Crippen LogP contribution in [0.25, 0.3) is 0 Å². The SMILES string of the molecule is CNc1cc(OCC(C)(C)N(C)C)nc(C(C)C)n1. The summed E-state index contributed by atoms with van der Waals surface area (Å²) in [6, 6.07) is 1.83. The van der Waals surface area contributed by atoms with Crippen molar-refractivity contribution in [3.63, 3.8) is 0 Å². The first kappa shape index (κ1) is 15.7. The van der Waals surface area contributed by atoms with Crippen molar-refractivity contribution in [2.75, 3.05) is 33.1 Å². The second kappa shape index (κ2) is 6.19. The second-order valence-electron chi connectivity index (χ2n) is 5.85. The molecule has 0 aliphatic rings. The standard InChI is InChI=1S/C14H26N4O/c1-10(2)13-16-11(15-5)8-12(17-13)19-9-14(3,4)18(6)7/h8,10H,9H2,1-7H3,(H,15,16,17). The first-order chi connectivity index (χ1) is 8.76. The third-order valence-corrected chi connectivity index (χ3v) is 3.28. The summed E-state index contributed by atoms with van der Waals surface area (Å²) < 4.78 is 5.83. The zero-order valence-corrected chi connectivity index (χ0v) is 13.1. The van der Waals surface area contributed by atoms with Crippen molar-refractivity contribution in [3.05, 3.63) is 11.9 Å². The van der Waals surface area contributed by atoms with Crippen molar-refractivity contribution < 1.29 is 4.74 Å². The van der Waals surface area contributed by atoms with Gasteiger partial charge in [-0.3, -0.25) is 0 Å². The van der Waals surface area contributed by atoms with E-state index >= 15 is 0 Å². The Morgan fingerprint density at radius 3 is 2.42 bits per heavy atom. The molecule has 108 valence electrons. The quantitative estimate of drug-likeness (QED) is 0.856. The lowest BCUT2D eigenvalue weighted by atomic mass is 10.1. The van der Waals surface area contributed by atoms with Crippen molar-refractivity contribution in [3.8, 4) is 5.88 Å². The number of rotatable bonds is 6. The highest BCUT2D eigenvalue weighted by molar-refractivity contribution is 5.38. The highest BCUT2D eigenvalue weighted by atomic mass is 16.5. The van der Waals surface area contributed by atoms with Gasteiger partial charge in [-0.1, -0.05) is 13.8 Å². The molecule has 0 saturated heterocycles.